The molecule has 2 atom stereocenters. The van der Waals surface area contributed by atoms with Crippen molar-refractivity contribution in [3.63, 3.8) is 0 Å². The Morgan fingerprint density at radius 1 is 1.15 bits per heavy atom. The maximum absolute atomic E-state index is 14.7. The summed E-state index contributed by atoms with van der Waals surface area (Å²) in [6.07, 6.45) is 0.250. The van der Waals surface area contributed by atoms with Crippen molar-refractivity contribution in [1.82, 2.24) is 10.2 Å². The first-order valence-corrected chi connectivity index (χ1v) is 11.1. The third-order valence-electron chi connectivity index (χ3n) is 6.45. The number of nitrogens with zero attached hydrogens (tertiary/aromatic N) is 1. The van der Waals surface area contributed by atoms with Crippen LogP contribution in [0.1, 0.15) is 41.8 Å². The molecule has 1 heterocycles. The highest BCUT2D eigenvalue weighted by Crippen LogP contribution is 2.50. The molecule has 0 unspecified atom stereocenters. The maximum atomic E-state index is 14.7. The van der Waals surface area contributed by atoms with Crippen LogP contribution in [0.5, 0.6) is 0 Å². The molecule has 2 aromatic carbocycles. The minimum atomic E-state index is -3.14. The van der Waals surface area contributed by atoms with E-state index in [1.54, 1.807) is 32.0 Å². The van der Waals surface area contributed by atoms with Gasteiger partial charge in [0.1, 0.15) is 6.04 Å². The summed E-state index contributed by atoms with van der Waals surface area (Å²) in [6.45, 7) is 3.13. The number of hydrogen-bond donors (Lipinski definition) is 2. The van der Waals surface area contributed by atoms with E-state index in [9.17, 15) is 28.3 Å². The number of likely N-dealkylation sites (tertiary alicyclic amines) is 1. The largest absolute Gasteiger partial charge is 0.464 e. The first kappa shape index (κ1) is 23.8. The number of alkyl halides is 2. The molecule has 0 bridgehead atoms. The predicted molar refractivity (Wildman–Crippen MR) is 119 cm³/mol. The standard InChI is InChI=1S/C25H26F2N2O5/c1-3-34-23(33)20-11-24(2,14-30)13-29(20)21(31)12-28-22(32)15-8-9-19-17(10-15)16-6-4-5-7-18(16)25(19,26)27/h4-10,20,30H,3,11-14H2,1-2H3,(H,28,32)/t20-,24-/m0/s1. The summed E-state index contributed by atoms with van der Waals surface area (Å²) in [4.78, 5) is 39.3. The predicted octanol–water partition coefficient (Wildman–Crippen LogP) is 2.70. The number of halogens is 2. The number of aliphatic hydroxyl groups is 1. The lowest BCUT2D eigenvalue weighted by Crippen LogP contribution is -2.46. The summed E-state index contributed by atoms with van der Waals surface area (Å²) in [5.74, 6) is -4.80. The Labute approximate surface area is 195 Å². The summed E-state index contributed by atoms with van der Waals surface area (Å²) in [5, 5.41) is 12.2. The van der Waals surface area contributed by atoms with E-state index < -0.39 is 35.2 Å². The van der Waals surface area contributed by atoms with E-state index in [1.807, 2.05) is 0 Å². The minimum absolute atomic E-state index is 0.108. The number of nitrogens with one attached hydrogen (secondary N) is 1. The normalized spacial score (nSPS) is 22.1. The van der Waals surface area contributed by atoms with Crippen molar-refractivity contribution in [2.75, 3.05) is 26.3 Å². The van der Waals surface area contributed by atoms with Crippen LogP contribution in [0.25, 0.3) is 11.1 Å². The van der Waals surface area contributed by atoms with Crippen molar-refractivity contribution in [3.8, 4) is 11.1 Å². The number of rotatable bonds is 6. The summed E-state index contributed by atoms with van der Waals surface area (Å²) < 4.78 is 34.5. The van der Waals surface area contributed by atoms with Gasteiger partial charge in [-0.2, -0.15) is 8.78 Å². The van der Waals surface area contributed by atoms with Crippen molar-refractivity contribution in [2.24, 2.45) is 5.41 Å². The molecule has 1 fully saturated rings. The molecule has 0 radical (unpaired) electrons. The van der Waals surface area contributed by atoms with Crippen molar-refractivity contribution in [1.29, 1.82) is 0 Å². The number of fused-ring (bicyclic) bond motifs is 3. The maximum Gasteiger partial charge on any atom is 0.328 e. The Bertz CT molecular complexity index is 1150. The smallest absolute Gasteiger partial charge is 0.328 e. The number of carbonyl (C=O) groups is 3. The van der Waals surface area contributed by atoms with Crippen LogP contribution < -0.4 is 5.32 Å². The summed E-state index contributed by atoms with van der Waals surface area (Å²) in [7, 11) is 0. The van der Waals surface area contributed by atoms with Crippen LogP contribution in [-0.2, 0) is 20.2 Å². The molecular formula is C25H26F2N2O5. The van der Waals surface area contributed by atoms with E-state index in [-0.39, 0.29) is 55.0 Å². The third-order valence-corrected chi connectivity index (χ3v) is 6.45. The molecule has 9 heteroatoms. The van der Waals surface area contributed by atoms with Gasteiger partial charge in [0, 0.05) is 28.7 Å². The van der Waals surface area contributed by atoms with Gasteiger partial charge in [-0.3, -0.25) is 9.59 Å². The van der Waals surface area contributed by atoms with Crippen molar-refractivity contribution in [3.05, 3.63) is 59.2 Å². The molecule has 1 saturated heterocycles. The van der Waals surface area contributed by atoms with Crippen molar-refractivity contribution in [2.45, 2.75) is 32.2 Å². The molecule has 2 aliphatic rings. The van der Waals surface area contributed by atoms with Crippen LogP contribution in [0.3, 0.4) is 0 Å². The van der Waals surface area contributed by atoms with Gasteiger partial charge in [0.15, 0.2) is 0 Å². The molecule has 0 saturated carbocycles. The van der Waals surface area contributed by atoms with Gasteiger partial charge >= 0.3 is 5.97 Å². The molecule has 4 rings (SSSR count). The molecular weight excluding hydrogens is 446 g/mol. The first-order valence-electron chi connectivity index (χ1n) is 11.1. The molecule has 1 aliphatic carbocycles. The van der Waals surface area contributed by atoms with Gasteiger partial charge in [0.05, 0.1) is 19.8 Å². The number of aliphatic hydroxyl groups excluding tert-OH is 1. The molecule has 1 aliphatic heterocycles. The zero-order valence-corrected chi connectivity index (χ0v) is 18.9. The quantitative estimate of drug-likeness (QED) is 0.631. The highest BCUT2D eigenvalue weighted by atomic mass is 19.3. The van der Waals surface area contributed by atoms with Crippen LogP contribution in [0.4, 0.5) is 8.78 Å². The van der Waals surface area contributed by atoms with E-state index in [1.165, 1.54) is 29.2 Å². The fourth-order valence-corrected chi connectivity index (χ4v) is 4.67. The van der Waals surface area contributed by atoms with Gasteiger partial charge in [0.2, 0.25) is 5.91 Å². The van der Waals surface area contributed by atoms with E-state index in [0.717, 1.165) is 0 Å². The molecule has 34 heavy (non-hydrogen) atoms. The average Bonchev–Trinajstić information content (AvgIpc) is 3.30. The Morgan fingerprint density at radius 2 is 1.85 bits per heavy atom. The molecule has 2 N–H and O–H groups in total. The topological polar surface area (TPSA) is 95.9 Å². The first-order chi connectivity index (χ1) is 16.1. The van der Waals surface area contributed by atoms with Gasteiger partial charge in [-0.25, -0.2) is 4.79 Å². The van der Waals surface area contributed by atoms with Crippen molar-refractivity contribution >= 4 is 17.8 Å². The highest BCUT2D eigenvalue weighted by molar-refractivity contribution is 5.99. The number of amides is 2. The molecule has 7 nitrogen and oxygen atoms in total. The lowest BCUT2D eigenvalue weighted by Gasteiger charge is -2.24. The molecule has 2 amide bonds. The minimum Gasteiger partial charge on any atom is -0.464 e. The van der Waals surface area contributed by atoms with E-state index in [0.29, 0.717) is 5.56 Å². The number of benzene rings is 2. The second kappa shape index (κ2) is 8.79. The summed E-state index contributed by atoms with van der Waals surface area (Å²) in [6, 6.07) is 9.24. The zero-order chi connectivity index (χ0) is 24.7. The monoisotopic (exact) mass is 472 g/mol. The Kier molecular flexibility index (Phi) is 6.16. The Hall–Kier alpha value is -3.33. The second-order valence-electron chi connectivity index (χ2n) is 9.03. The molecule has 180 valence electrons. The molecule has 2 aromatic rings. The Morgan fingerprint density at radius 3 is 2.56 bits per heavy atom. The average molecular weight is 472 g/mol. The van der Waals surface area contributed by atoms with Gasteiger partial charge in [-0.05, 0) is 36.6 Å². The lowest BCUT2D eigenvalue weighted by atomic mass is 9.89. The van der Waals surface area contributed by atoms with Gasteiger partial charge in [-0.1, -0.05) is 37.3 Å². The van der Waals surface area contributed by atoms with Crippen LogP contribution >= 0.6 is 0 Å². The van der Waals surface area contributed by atoms with E-state index in [2.05, 4.69) is 5.32 Å². The van der Waals surface area contributed by atoms with Crippen LogP contribution in [0, 0.1) is 5.41 Å². The SMILES string of the molecule is CCOC(=O)[C@@H]1C[C@](C)(CO)CN1C(=O)CNC(=O)c1ccc2c(c1)-c1ccccc1C2(F)F. The van der Waals surface area contributed by atoms with E-state index >= 15 is 0 Å². The van der Waals surface area contributed by atoms with Gasteiger partial charge in [-0.15, -0.1) is 0 Å². The number of esters is 1. The lowest BCUT2D eigenvalue weighted by molar-refractivity contribution is -0.152. The second-order valence-corrected chi connectivity index (χ2v) is 9.03. The highest BCUT2D eigenvalue weighted by Gasteiger charge is 2.47. The summed E-state index contributed by atoms with van der Waals surface area (Å²) >= 11 is 0. The van der Waals surface area contributed by atoms with Gasteiger partial charge < -0.3 is 20.1 Å². The molecule has 0 aromatic heterocycles. The van der Waals surface area contributed by atoms with Crippen LogP contribution in [0.15, 0.2) is 42.5 Å². The van der Waals surface area contributed by atoms with Crippen LogP contribution in [0.2, 0.25) is 0 Å². The fourth-order valence-electron chi connectivity index (χ4n) is 4.67. The number of ether oxygens (including phenoxy) is 1. The fraction of sp³-hybridized carbons (Fsp3) is 0.400. The third kappa shape index (κ3) is 4.04. The van der Waals surface area contributed by atoms with E-state index in [4.69, 9.17) is 4.74 Å². The number of carbonyl (C=O) groups excluding carboxylic acids is 3. The zero-order valence-electron chi connectivity index (χ0n) is 18.9. The molecule has 0 spiro atoms. The van der Waals surface area contributed by atoms with Gasteiger partial charge in [0.25, 0.3) is 11.8 Å². The Balaban J connectivity index is 1.48. The number of hydrogen-bond acceptors (Lipinski definition) is 5. The summed E-state index contributed by atoms with van der Waals surface area (Å²) in [5.41, 5.74) is -0.147. The van der Waals surface area contributed by atoms with Crippen molar-refractivity contribution < 1.29 is 33.0 Å². The van der Waals surface area contributed by atoms with Crippen LogP contribution in [-0.4, -0.2) is 60.1 Å².